The minimum atomic E-state index is -1.50. The van der Waals surface area contributed by atoms with Crippen LogP contribution in [0.4, 0.5) is 4.79 Å². The molecule has 8 nitrogen and oxygen atoms in total. The number of ether oxygens (including phenoxy) is 1. The summed E-state index contributed by atoms with van der Waals surface area (Å²) in [5.41, 5.74) is 0.849. The van der Waals surface area contributed by atoms with E-state index in [0.717, 1.165) is 30.2 Å². The van der Waals surface area contributed by atoms with Crippen LogP contribution in [-0.4, -0.2) is 31.8 Å². The van der Waals surface area contributed by atoms with E-state index in [-0.39, 0.29) is 10.6 Å². The van der Waals surface area contributed by atoms with Gasteiger partial charge in [-0.25, -0.2) is 9.78 Å². The zero-order chi connectivity index (χ0) is 20.2. The second-order valence-electron chi connectivity index (χ2n) is 5.22. The normalized spacial score (nSPS) is 11.2. The van der Waals surface area contributed by atoms with E-state index in [1.165, 1.54) is 0 Å². The highest BCUT2D eigenvalue weighted by atomic mass is 35.5. The number of halogens is 2. The van der Waals surface area contributed by atoms with Crippen LogP contribution in [0.25, 0.3) is 0 Å². The second kappa shape index (κ2) is 12.4. The van der Waals surface area contributed by atoms with Gasteiger partial charge in [-0.05, 0) is 35.9 Å². The van der Waals surface area contributed by atoms with Gasteiger partial charge < -0.3 is 14.5 Å². The van der Waals surface area contributed by atoms with E-state index in [1.54, 1.807) is 24.7 Å². The Labute approximate surface area is 170 Å². The topological polar surface area (TPSA) is 107 Å². The molecule has 2 rings (SSSR count). The molecule has 1 heterocycles. The molecule has 0 saturated heterocycles. The molecule has 0 saturated carbocycles. The fraction of sp³-hybridized carbons (Fsp3) is 0.375. The van der Waals surface area contributed by atoms with Gasteiger partial charge >= 0.3 is 5.30 Å². The summed E-state index contributed by atoms with van der Waals surface area (Å²) in [6.07, 6.45) is 7.10. The predicted molar refractivity (Wildman–Crippen MR) is 104 cm³/mol. The predicted octanol–water partition coefficient (Wildman–Crippen LogP) is 5.25. The van der Waals surface area contributed by atoms with Crippen molar-refractivity contribution in [2.24, 2.45) is 0 Å². The van der Waals surface area contributed by atoms with Crippen molar-refractivity contribution in [3.05, 3.63) is 62.6 Å². The first kappa shape index (κ1) is 23.1. The monoisotopic (exact) mass is 435 g/mol. The number of imidazole rings is 1. The van der Waals surface area contributed by atoms with Gasteiger partial charge in [0.1, 0.15) is 0 Å². The molecule has 11 heteroatoms. The van der Waals surface area contributed by atoms with Crippen LogP contribution in [-0.2, 0) is 11.3 Å². The molecule has 0 bridgehead atoms. The maximum Gasteiger partial charge on any atom is 0.367 e. The third kappa shape index (κ3) is 9.50. The second-order valence-corrected chi connectivity index (χ2v) is 7.20. The lowest BCUT2D eigenvalue weighted by atomic mass is 10.1. The minimum absolute atomic E-state index is 0.178. The zero-order valence-electron chi connectivity index (χ0n) is 14.5. The van der Waals surface area contributed by atoms with Crippen molar-refractivity contribution in [3.63, 3.8) is 0 Å². The molecule has 1 aromatic carbocycles. The molecular formula is C16H19Cl2N3O5S. The highest BCUT2D eigenvalue weighted by molar-refractivity contribution is 8.13. The van der Waals surface area contributed by atoms with E-state index in [9.17, 15) is 4.79 Å². The average Bonchev–Trinajstić information content (AvgIpc) is 3.07. The Balaban J connectivity index is 0.000000828. The standard InChI is InChI=1S/C16H18Cl2N2O2S.HNO3/c1-2-3-8-22-16(21)23-15(10-20-7-6-19-11-20)13-5-4-12(17)9-14(13)18;2-1(3)4/h4-7,9,11,15H,2-3,8,10H2,1H3;(H,2,3,4). The van der Waals surface area contributed by atoms with Crippen molar-refractivity contribution in [1.82, 2.24) is 9.55 Å². The molecule has 27 heavy (non-hydrogen) atoms. The molecule has 1 unspecified atom stereocenters. The fourth-order valence-corrected chi connectivity index (χ4v) is 3.57. The van der Waals surface area contributed by atoms with Gasteiger partial charge in [0.25, 0.3) is 5.09 Å². The van der Waals surface area contributed by atoms with Crippen LogP contribution in [0.15, 0.2) is 36.9 Å². The van der Waals surface area contributed by atoms with Crippen molar-refractivity contribution in [2.75, 3.05) is 6.61 Å². The fourth-order valence-electron chi connectivity index (χ4n) is 2.00. The molecular weight excluding hydrogens is 417 g/mol. The smallest absolute Gasteiger partial charge is 0.367 e. The highest BCUT2D eigenvalue weighted by Crippen LogP contribution is 2.37. The third-order valence-corrected chi connectivity index (χ3v) is 4.76. The van der Waals surface area contributed by atoms with Crippen LogP contribution in [0, 0.1) is 10.1 Å². The van der Waals surface area contributed by atoms with Crippen LogP contribution in [0.5, 0.6) is 0 Å². The third-order valence-electron chi connectivity index (χ3n) is 3.20. The maximum atomic E-state index is 12.1. The highest BCUT2D eigenvalue weighted by Gasteiger charge is 2.21. The molecule has 1 aromatic heterocycles. The van der Waals surface area contributed by atoms with E-state index < -0.39 is 5.09 Å². The molecule has 0 spiro atoms. The summed E-state index contributed by atoms with van der Waals surface area (Å²) in [4.78, 5) is 24.4. The average molecular weight is 436 g/mol. The summed E-state index contributed by atoms with van der Waals surface area (Å²) in [5.74, 6) is 0. The largest absolute Gasteiger partial charge is 0.458 e. The van der Waals surface area contributed by atoms with E-state index in [2.05, 4.69) is 11.9 Å². The Morgan fingerprint density at radius 2 is 2.19 bits per heavy atom. The van der Waals surface area contributed by atoms with Crippen LogP contribution < -0.4 is 0 Å². The molecule has 0 aliphatic carbocycles. The molecule has 0 fully saturated rings. The van der Waals surface area contributed by atoms with Gasteiger partial charge in [-0.2, -0.15) is 0 Å². The number of hydrogen-bond acceptors (Lipinski definition) is 6. The summed E-state index contributed by atoms with van der Waals surface area (Å²) in [5, 5.41) is 14.3. The summed E-state index contributed by atoms with van der Waals surface area (Å²) >= 11 is 13.4. The number of aromatic nitrogens is 2. The summed E-state index contributed by atoms with van der Waals surface area (Å²) in [6, 6.07) is 5.30. The molecule has 148 valence electrons. The summed E-state index contributed by atoms with van der Waals surface area (Å²) < 4.78 is 7.15. The molecule has 0 radical (unpaired) electrons. The number of carbonyl (C=O) groups is 1. The molecule has 2 aromatic rings. The lowest BCUT2D eigenvalue weighted by Gasteiger charge is -2.18. The lowest BCUT2D eigenvalue weighted by Crippen LogP contribution is -2.10. The van der Waals surface area contributed by atoms with Crippen LogP contribution >= 0.6 is 35.0 Å². The SMILES string of the molecule is CCCCOC(=O)SC(Cn1ccnc1)c1ccc(Cl)cc1Cl.O=[N+]([O-])O. The Kier molecular flexibility index (Phi) is 10.6. The van der Waals surface area contributed by atoms with Crippen molar-refractivity contribution >= 4 is 40.3 Å². The van der Waals surface area contributed by atoms with Gasteiger partial charge in [0, 0.05) is 29.0 Å². The Morgan fingerprint density at radius 3 is 2.74 bits per heavy atom. The number of thioether (sulfide) groups is 1. The number of unbranched alkanes of at least 4 members (excludes halogenated alkanes) is 1. The zero-order valence-corrected chi connectivity index (χ0v) is 16.8. The minimum Gasteiger partial charge on any atom is -0.458 e. The Bertz CT molecular complexity index is 727. The van der Waals surface area contributed by atoms with E-state index in [0.29, 0.717) is 23.2 Å². The lowest BCUT2D eigenvalue weighted by molar-refractivity contribution is -0.742. The summed E-state index contributed by atoms with van der Waals surface area (Å²) in [7, 11) is 0. The number of hydrogen-bond donors (Lipinski definition) is 1. The number of nitrogens with zero attached hydrogens (tertiary/aromatic N) is 3. The van der Waals surface area contributed by atoms with Crippen molar-refractivity contribution in [2.45, 2.75) is 31.6 Å². The quantitative estimate of drug-likeness (QED) is 0.273. The van der Waals surface area contributed by atoms with Crippen LogP contribution in [0.3, 0.4) is 0 Å². The van der Waals surface area contributed by atoms with Gasteiger partial charge in [0.2, 0.25) is 0 Å². The van der Waals surface area contributed by atoms with Crippen LogP contribution in [0.1, 0.15) is 30.6 Å². The van der Waals surface area contributed by atoms with Crippen molar-refractivity contribution in [1.29, 1.82) is 0 Å². The van der Waals surface area contributed by atoms with Gasteiger partial charge in [-0.15, -0.1) is 10.1 Å². The molecule has 0 aliphatic heterocycles. The van der Waals surface area contributed by atoms with Gasteiger partial charge in [-0.3, -0.25) is 0 Å². The van der Waals surface area contributed by atoms with E-state index in [4.69, 9.17) is 43.3 Å². The molecule has 1 atom stereocenters. The first-order valence-electron chi connectivity index (χ1n) is 7.90. The molecule has 0 aliphatic rings. The van der Waals surface area contributed by atoms with E-state index in [1.807, 2.05) is 16.8 Å². The van der Waals surface area contributed by atoms with Gasteiger partial charge in [0.15, 0.2) is 0 Å². The number of rotatable bonds is 7. The number of benzene rings is 1. The summed E-state index contributed by atoms with van der Waals surface area (Å²) in [6.45, 7) is 3.06. The first-order chi connectivity index (χ1) is 12.8. The van der Waals surface area contributed by atoms with Crippen molar-refractivity contribution in [3.8, 4) is 0 Å². The molecule has 0 amide bonds. The number of carbonyl (C=O) groups excluding carboxylic acids is 1. The van der Waals surface area contributed by atoms with Gasteiger partial charge in [0.05, 0.1) is 18.2 Å². The molecule has 1 N–H and O–H groups in total. The van der Waals surface area contributed by atoms with E-state index >= 15 is 0 Å². The Morgan fingerprint density at radius 1 is 1.48 bits per heavy atom. The van der Waals surface area contributed by atoms with Gasteiger partial charge in [-0.1, -0.05) is 42.6 Å². The maximum absolute atomic E-state index is 12.1. The van der Waals surface area contributed by atoms with Crippen molar-refractivity contribution < 1.29 is 19.8 Å². The first-order valence-corrected chi connectivity index (χ1v) is 9.54. The Hall–Kier alpha value is -1.97. The van der Waals surface area contributed by atoms with Crippen LogP contribution in [0.2, 0.25) is 10.0 Å².